The third-order valence-corrected chi connectivity index (χ3v) is 5.36. The van der Waals surface area contributed by atoms with Crippen LogP contribution in [0.4, 0.5) is 0 Å². The van der Waals surface area contributed by atoms with Crippen molar-refractivity contribution in [2.24, 2.45) is 0 Å². The van der Waals surface area contributed by atoms with E-state index in [-0.39, 0.29) is 0 Å². The zero-order valence-electron chi connectivity index (χ0n) is 9.16. The molecule has 0 amide bonds. The first-order valence-electron chi connectivity index (χ1n) is 5.75. The highest BCUT2D eigenvalue weighted by Crippen LogP contribution is 2.37. The van der Waals surface area contributed by atoms with Crippen LogP contribution in [0.5, 0.6) is 0 Å². The summed E-state index contributed by atoms with van der Waals surface area (Å²) < 4.78 is 5.60. The summed E-state index contributed by atoms with van der Waals surface area (Å²) in [6.45, 7) is 3.18. The van der Waals surface area contributed by atoms with Crippen molar-refractivity contribution in [2.45, 2.75) is 55.3 Å². The Morgan fingerprint density at radius 3 is 2.71 bits per heavy atom. The van der Waals surface area contributed by atoms with Gasteiger partial charge < -0.3 is 10.1 Å². The minimum Gasteiger partial charge on any atom is -0.377 e. The van der Waals surface area contributed by atoms with E-state index in [9.17, 15) is 0 Å². The Kier molecular flexibility index (Phi) is 3.74. The number of hydrogen-bond acceptors (Lipinski definition) is 3. The first kappa shape index (κ1) is 10.8. The lowest BCUT2D eigenvalue weighted by Gasteiger charge is -2.23. The highest BCUT2D eigenvalue weighted by Gasteiger charge is 2.33. The van der Waals surface area contributed by atoms with Crippen LogP contribution < -0.4 is 5.32 Å². The molecule has 1 aliphatic carbocycles. The molecular weight excluding hydrogens is 194 g/mol. The maximum atomic E-state index is 5.60. The molecule has 1 saturated carbocycles. The summed E-state index contributed by atoms with van der Waals surface area (Å²) in [4.78, 5) is 0. The van der Waals surface area contributed by atoms with Crippen LogP contribution in [-0.4, -0.2) is 36.3 Å². The molecule has 4 unspecified atom stereocenters. The fourth-order valence-corrected chi connectivity index (χ4v) is 4.28. The lowest BCUT2D eigenvalue weighted by atomic mass is 10.2. The van der Waals surface area contributed by atoms with Crippen LogP contribution in [0.15, 0.2) is 0 Å². The van der Waals surface area contributed by atoms with Crippen molar-refractivity contribution in [1.82, 2.24) is 5.32 Å². The van der Waals surface area contributed by atoms with Crippen molar-refractivity contribution in [3.8, 4) is 0 Å². The lowest BCUT2D eigenvalue weighted by molar-refractivity contribution is 0.127. The molecule has 0 aromatic rings. The van der Waals surface area contributed by atoms with E-state index >= 15 is 0 Å². The van der Waals surface area contributed by atoms with E-state index in [0.717, 1.165) is 23.1 Å². The molecule has 0 aromatic heterocycles. The van der Waals surface area contributed by atoms with Crippen LogP contribution in [0.3, 0.4) is 0 Å². The van der Waals surface area contributed by atoms with Gasteiger partial charge >= 0.3 is 0 Å². The van der Waals surface area contributed by atoms with Gasteiger partial charge in [-0.1, -0.05) is 6.42 Å². The van der Waals surface area contributed by atoms with Gasteiger partial charge in [-0.25, -0.2) is 0 Å². The highest BCUT2D eigenvalue weighted by molar-refractivity contribution is 8.00. The summed E-state index contributed by atoms with van der Waals surface area (Å²) in [6, 6.07) is 0.743. The van der Waals surface area contributed by atoms with Gasteiger partial charge in [0.05, 0.1) is 6.10 Å². The predicted octanol–water partition coefficient (Wildman–Crippen LogP) is 2.04. The van der Waals surface area contributed by atoms with E-state index in [1.54, 1.807) is 0 Å². The van der Waals surface area contributed by atoms with Crippen LogP contribution >= 0.6 is 11.8 Å². The van der Waals surface area contributed by atoms with Gasteiger partial charge in [-0.2, -0.15) is 11.8 Å². The number of hydrogen-bond donors (Lipinski definition) is 1. The van der Waals surface area contributed by atoms with Crippen molar-refractivity contribution in [3.63, 3.8) is 0 Å². The van der Waals surface area contributed by atoms with E-state index in [2.05, 4.69) is 31.1 Å². The topological polar surface area (TPSA) is 21.3 Å². The summed E-state index contributed by atoms with van der Waals surface area (Å²) in [5.74, 6) is 0. The molecule has 14 heavy (non-hydrogen) atoms. The van der Waals surface area contributed by atoms with Crippen LogP contribution in [0, 0.1) is 0 Å². The molecule has 3 heteroatoms. The van der Waals surface area contributed by atoms with Crippen molar-refractivity contribution in [2.75, 3.05) is 13.7 Å². The molecule has 2 fully saturated rings. The number of nitrogens with one attached hydrogen (secondary N) is 1. The van der Waals surface area contributed by atoms with Crippen molar-refractivity contribution in [1.29, 1.82) is 0 Å². The molecule has 2 rings (SSSR count). The minimum atomic E-state index is 0.470. The van der Waals surface area contributed by atoms with E-state index in [1.165, 1.54) is 25.7 Å². The average molecular weight is 215 g/mol. The van der Waals surface area contributed by atoms with E-state index in [0.29, 0.717) is 6.10 Å². The third kappa shape index (κ3) is 2.26. The van der Waals surface area contributed by atoms with Gasteiger partial charge in [-0.3, -0.25) is 0 Å². The third-order valence-electron chi connectivity index (χ3n) is 3.48. The number of thioether (sulfide) groups is 1. The Balaban J connectivity index is 1.83. The fourth-order valence-electron chi connectivity index (χ4n) is 2.53. The maximum Gasteiger partial charge on any atom is 0.0666 e. The highest BCUT2D eigenvalue weighted by atomic mass is 32.2. The van der Waals surface area contributed by atoms with Crippen molar-refractivity contribution < 1.29 is 4.74 Å². The number of ether oxygens (including phenoxy) is 1. The van der Waals surface area contributed by atoms with E-state index in [4.69, 9.17) is 4.74 Å². The van der Waals surface area contributed by atoms with E-state index < -0.39 is 0 Å². The molecule has 82 valence electrons. The number of rotatable bonds is 3. The van der Waals surface area contributed by atoms with Gasteiger partial charge in [0.15, 0.2) is 0 Å². The Labute approximate surface area is 91.2 Å². The van der Waals surface area contributed by atoms with Crippen molar-refractivity contribution in [3.05, 3.63) is 0 Å². The zero-order valence-corrected chi connectivity index (χ0v) is 9.98. The molecule has 1 heterocycles. The first-order chi connectivity index (χ1) is 6.81. The molecule has 2 nitrogen and oxygen atoms in total. The van der Waals surface area contributed by atoms with Gasteiger partial charge in [0.1, 0.15) is 0 Å². The normalized spacial score (nSPS) is 43.3. The second-order valence-electron chi connectivity index (χ2n) is 4.40. The summed E-state index contributed by atoms with van der Waals surface area (Å²) in [5.41, 5.74) is 0. The van der Waals surface area contributed by atoms with E-state index in [1.807, 2.05) is 0 Å². The Morgan fingerprint density at radius 2 is 2.07 bits per heavy atom. The molecule has 1 aliphatic heterocycles. The molecular formula is C11H21NOS. The van der Waals surface area contributed by atoms with Gasteiger partial charge in [0, 0.05) is 23.1 Å². The summed E-state index contributed by atoms with van der Waals surface area (Å²) in [6.07, 6.45) is 5.86. The van der Waals surface area contributed by atoms with Crippen LogP contribution in [0.1, 0.15) is 32.6 Å². The largest absolute Gasteiger partial charge is 0.377 e. The monoisotopic (exact) mass is 215 g/mol. The Bertz CT molecular complexity index is 188. The van der Waals surface area contributed by atoms with Crippen LogP contribution in [0.25, 0.3) is 0 Å². The summed E-state index contributed by atoms with van der Waals surface area (Å²) >= 11 is 2.17. The molecule has 0 bridgehead atoms. The smallest absolute Gasteiger partial charge is 0.0666 e. The molecule has 1 saturated heterocycles. The van der Waals surface area contributed by atoms with Gasteiger partial charge in [0.25, 0.3) is 0 Å². The summed E-state index contributed by atoms with van der Waals surface area (Å²) in [7, 11) is 2.10. The lowest BCUT2D eigenvalue weighted by Crippen LogP contribution is -2.33. The summed E-state index contributed by atoms with van der Waals surface area (Å²) in [5, 5.41) is 5.01. The molecule has 1 N–H and O–H groups in total. The Morgan fingerprint density at radius 1 is 1.21 bits per heavy atom. The second kappa shape index (κ2) is 4.86. The maximum absolute atomic E-state index is 5.60. The van der Waals surface area contributed by atoms with Crippen LogP contribution in [-0.2, 0) is 4.74 Å². The Hall–Kier alpha value is 0.270. The molecule has 0 aromatic carbocycles. The van der Waals surface area contributed by atoms with Gasteiger partial charge in [-0.05, 0) is 33.2 Å². The molecule has 4 atom stereocenters. The second-order valence-corrected chi connectivity index (χ2v) is 5.89. The SMILES string of the molecule is CNC1CCCC1SC1CCOC1C. The average Bonchev–Trinajstić information content (AvgIpc) is 2.77. The molecule has 0 spiro atoms. The minimum absolute atomic E-state index is 0.470. The van der Waals surface area contributed by atoms with Crippen molar-refractivity contribution >= 4 is 11.8 Å². The van der Waals surface area contributed by atoms with Crippen LogP contribution in [0.2, 0.25) is 0 Å². The van der Waals surface area contributed by atoms with Gasteiger partial charge in [-0.15, -0.1) is 0 Å². The first-order valence-corrected chi connectivity index (χ1v) is 6.70. The standard InChI is InChI=1S/C11H21NOS/c1-8-10(6-7-13-8)14-11-5-3-4-9(11)12-2/h8-12H,3-7H2,1-2H3. The van der Waals surface area contributed by atoms with Gasteiger partial charge in [0.2, 0.25) is 0 Å². The molecule has 2 aliphatic rings. The fraction of sp³-hybridized carbons (Fsp3) is 1.00. The predicted molar refractivity (Wildman–Crippen MR) is 61.9 cm³/mol. The zero-order chi connectivity index (χ0) is 9.97. The quantitative estimate of drug-likeness (QED) is 0.778. The molecule has 0 radical (unpaired) electrons.